The van der Waals surface area contributed by atoms with Gasteiger partial charge in [0, 0.05) is 19.3 Å². The molecule has 0 saturated carbocycles. The van der Waals surface area contributed by atoms with Gasteiger partial charge >= 0.3 is 0 Å². The molecule has 1 aliphatic heterocycles. The molecule has 1 aliphatic rings. The summed E-state index contributed by atoms with van der Waals surface area (Å²) in [6, 6.07) is 5.83. The fourth-order valence-corrected chi connectivity index (χ4v) is 2.49. The summed E-state index contributed by atoms with van der Waals surface area (Å²) in [5.74, 6) is 2.22. The van der Waals surface area contributed by atoms with E-state index in [1.54, 1.807) is 0 Å². The molecule has 2 N–H and O–H groups in total. The highest BCUT2D eigenvalue weighted by molar-refractivity contribution is 5.78. The van der Waals surface area contributed by atoms with Crippen molar-refractivity contribution in [3.63, 3.8) is 0 Å². The minimum atomic E-state index is 0.461. The summed E-state index contributed by atoms with van der Waals surface area (Å²) in [6.07, 6.45) is 4.31. The highest BCUT2D eigenvalue weighted by Crippen LogP contribution is 2.15. The predicted molar refractivity (Wildman–Crippen MR) is 78.3 cm³/mol. The van der Waals surface area contributed by atoms with Gasteiger partial charge in [-0.05, 0) is 30.9 Å². The Balaban J connectivity index is 1.70. The molecule has 20 heavy (non-hydrogen) atoms. The monoisotopic (exact) mass is 272 g/mol. The first-order valence-corrected chi connectivity index (χ1v) is 7.07. The van der Waals surface area contributed by atoms with Crippen LogP contribution in [0.15, 0.2) is 29.4 Å². The van der Waals surface area contributed by atoms with Gasteiger partial charge in [0.25, 0.3) is 0 Å². The molecule has 1 fully saturated rings. The first-order chi connectivity index (χ1) is 9.74. The number of pyridine rings is 1. The van der Waals surface area contributed by atoms with E-state index in [0.29, 0.717) is 12.5 Å². The normalized spacial score (nSPS) is 17.9. The first kappa shape index (κ1) is 12.9. The van der Waals surface area contributed by atoms with Crippen LogP contribution < -0.4 is 5.73 Å². The second kappa shape index (κ2) is 5.48. The van der Waals surface area contributed by atoms with Gasteiger partial charge in [0.2, 0.25) is 0 Å². The molecule has 0 atom stereocenters. The third-order valence-corrected chi connectivity index (χ3v) is 3.87. The topological polar surface area (TPSA) is 71.8 Å². The molecule has 2 aromatic heterocycles. The number of guanidine groups is 1. The summed E-state index contributed by atoms with van der Waals surface area (Å²) in [4.78, 5) is 6.62. The number of rotatable bonds is 2. The molecule has 0 aliphatic carbocycles. The fraction of sp³-hybridized carbons (Fsp3) is 0.500. The van der Waals surface area contributed by atoms with Gasteiger partial charge in [-0.25, -0.2) is 4.99 Å². The number of hydrogen-bond donors (Lipinski definition) is 1. The van der Waals surface area contributed by atoms with Gasteiger partial charge in [-0.3, -0.25) is 4.40 Å². The van der Waals surface area contributed by atoms with E-state index in [1.807, 2.05) is 28.8 Å². The van der Waals surface area contributed by atoms with Crippen LogP contribution in [0.1, 0.15) is 25.6 Å². The highest BCUT2D eigenvalue weighted by atomic mass is 15.3. The van der Waals surface area contributed by atoms with Gasteiger partial charge in [0.1, 0.15) is 6.54 Å². The lowest BCUT2D eigenvalue weighted by molar-refractivity contribution is 0.277. The van der Waals surface area contributed by atoms with Crippen molar-refractivity contribution in [2.45, 2.75) is 26.3 Å². The maximum atomic E-state index is 6.07. The molecule has 2 aromatic rings. The van der Waals surface area contributed by atoms with Gasteiger partial charge in [-0.15, -0.1) is 10.2 Å². The lowest BCUT2D eigenvalue weighted by Crippen LogP contribution is -2.42. The van der Waals surface area contributed by atoms with E-state index in [1.165, 1.54) is 12.8 Å². The van der Waals surface area contributed by atoms with Crippen LogP contribution in [0.3, 0.4) is 0 Å². The molecule has 3 heterocycles. The zero-order valence-corrected chi connectivity index (χ0v) is 11.7. The largest absolute Gasteiger partial charge is 0.370 e. The molecular formula is C14H20N6. The number of fused-ring (bicyclic) bond motifs is 1. The molecule has 3 rings (SSSR count). The summed E-state index contributed by atoms with van der Waals surface area (Å²) >= 11 is 0. The second-order valence-corrected chi connectivity index (χ2v) is 5.39. The molecule has 6 nitrogen and oxygen atoms in total. The maximum absolute atomic E-state index is 6.07. The fourth-order valence-electron chi connectivity index (χ4n) is 2.49. The van der Waals surface area contributed by atoms with Gasteiger partial charge in [0.05, 0.1) is 0 Å². The third-order valence-electron chi connectivity index (χ3n) is 3.87. The zero-order chi connectivity index (χ0) is 13.9. The number of nitrogens with two attached hydrogens (primary N) is 1. The minimum Gasteiger partial charge on any atom is -0.370 e. The standard InChI is InChI=1S/C14H20N6/c1-11-5-8-19(9-6-11)14(15)16-10-13-18-17-12-4-2-3-7-20(12)13/h2-4,7,11H,5-6,8-10H2,1H3,(H2,15,16). The van der Waals surface area contributed by atoms with Crippen molar-refractivity contribution in [2.75, 3.05) is 13.1 Å². The molecule has 0 amide bonds. The summed E-state index contributed by atoms with van der Waals surface area (Å²) in [7, 11) is 0. The number of piperidine rings is 1. The molecule has 1 saturated heterocycles. The minimum absolute atomic E-state index is 0.461. The van der Waals surface area contributed by atoms with E-state index >= 15 is 0 Å². The van der Waals surface area contributed by atoms with Gasteiger partial charge in [0.15, 0.2) is 17.4 Å². The number of nitrogens with zero attached hydrogens (tertiary/aromatic N) is 5. The molecule has 106 valence electrons. The Labute approximate surface area is 118 Å². The van der Waals surface area contributed by atoms with E-state index in [2.05, 4.69) is 27.0 Å². The molecule has 0 radical (unpaired) electrons. The van der Waals surface area contributed by atoms with Crippen molar-refractivity contribution in [3.05, 3.63) is 30.2 Å². The van der Waals surface area contributed by atoms with Crippen LogP contribution in [-0.2, 0) is 6.54 Å². The van der Waals surface area contributed by atoms with Crippen LogP contribution in [-0.4, -0.2) is 38.5 Å². The number of hydrogen-bond acceptors (Lipinski definition) is 3. The Morgan fingerprint density at radius 3 is 2.95 bits per heavy atom. The lowest BCUT2D eigenvalue weighted by atomic mass is 10.00. The summed E-state index contributed by atoms with van der Waals surface area (Å²) < 4.78 is 1.94. The van der Waals surface area contributed by atoms with Crippen molar-refractivity contribution in [2.24, 2.45) is 16.6 Å². The quantitative estimate of drug-likeness (QED) is 0.660. The Hall–Kier alpha value is -2.11. The van der Waals surface area contributed by atoms with Crippen molar-refractivity contribution in [3.8, 4) is 0 Å². The van der Waals surface area contributed by atoms with Crippen LogP contribution in [0.4, 0.5) is 0 Å². The SMILES string of the molecule is CC1CCN(C(N)=NCc2nnc3ccccn23)CC1. The lowest BCUT2D eigenvalue weighted by Gasteiger charge is -2.30. The van der Waals surface area contributed by atoms with E-state index in [-0.39, 0.29) is 0 Å². The highest BCUT2D eigenvalue weighted by Gasteiger charge is 2.17. The van der Waals surface area contributed by atoms with E-state index < -0.39 is 0 Å². The summed E-state index contributed by atoms with van der Waals surface area (Å²) in [6.45, 7) is 4.74. The van der Waals surface area contributed by atoms with Crippen LogP contribution in [0.5, 0.6) is 0 Å². The summed E-state index contributed by atoms with van der Waals surface area (Å²) in [5.41, 5.74) is 6.91. The van der Waals surface area contributed by atoms with Crippen molar-refractivity contribution in [1.29, 1.82) is 0 Å². The van der Waals surface area contributed by atoms with E-state index in [9.17, 15) is 0 Å². The van der Waals surface area contributed by atoms with Gasteiger partial charge in [-0.1, -0.05) is 13.0 Å². The van der Waals surface area contributed by atoms with E-state index in [0.717, 1.165) is 30.5 Å². The molecule has 0 bridgehead atoms. The third kappa shape index (κ3) is 2.59. The average Bonchev–Trinajstić information content (AvgIpc) is 2.89. The van der Waals surface area contributed by atoms with Crippen LogP contribution >= 0.6 is 0 Å². The molecule has 0 unspecified atom stereocenters. The summed E-state index contributed by atoms with van der Waals surface area (Å²) in [5, 5.41) is 8.26. The zero-order valence-electron chi connectivity index (χ0n) is 11.7. The van der Waals surface area contributed by atoms with Crippen LogP contribution in [0.25, 0.3) is 5.65 Å². The molecule has 0 aromatic carbocycles. The van der Waals surface area contributed by atoms with Crippen molar-refractivity contribution in [1.82, 2.24) is 19.5 Å². The Morgan fingerprint density at radius 1 is 1.35 bits per heavy atom. The average molecular weight is 272 g/mol. The predicted octanol–water partition coefficient (Wildman–Crippen LogP) is 1.28. The van der Waals surface area contributed by atoms with Gasteiger partial charge in [-0.2, -0.15) is 0 Å². The first-order valence-electron chi connectivity index (χ1n) is 7.07. The molecule has 6 heteroatoms. The molecule has 0 spiro atoms. The Bertz CT molecular complexity index is 609. The van der Waals surface area contributed by atoms with Crippen molar-refractivity contribution >= 4 is 11.6 Å². The Kier molecular flexibility index (Phi) is 3.54. The van der Waals surface area contributed by atoms with E-state index in [4.69, 9.17) is 5.73 Å². The second-order valence-electron chi connectivity index (χ2n) is 5.39. The Morgan fingerprint density at radius 2 is 2.15 bits per heavy atom. The van der Waals surface area contributed by atoms with Crippen LogP contribution in [0, 0.1) is 5.92 Å². The smallest absolute Gasteiger partial charge is 0.191 e. The number of aliphatic imine (C=N–C) groups is 1. The number of aromatic nitrogens is 3. The van der Waals surface area contributed by atoms with Crippen LogP contribution in [0.2, 0.25) is 0 Å². The van der Waals surface area contributed by atoms with Gasteiger partial charge < -0.3 is 10.6 Å². The number of likely N-dealkylation sites (tertiary alicyclic amines) is 1. The van der Waals surface area contributed by atoms with Crippen molar-refractivity contribution < 1.29 is 0 Å². The molecular weight excluding hydrogens is 252 g/mol. The maximum Gasteiger partial charge on any atom is 0.191 e.